The summed E-state index contributed by atoms with van der Waals surface area (Å²) in [6.45, 7) is 1.02. The number of benzene rings is 1. The molecule has 0 aliphatic carbocycles. The van der Waals surface area contributed by atoms with Crippen LogP contribution in [0.3, 0.4) is 0 Å². The third-order valence-electron chi connectivity index (χ3n) is 2.83. The van der Waals surface area contributed by atoms with Gasteiger partial charge in [-0.15, -0.1) is 0 Å². The van der Waals surface area contributed by atoms with Gasteiger partial charge in [-0.05, 0) is 18.9 Å². The average molecular weight is 267 g/mol. The van der Waals surface area contributed by atoms with Gasteiger partial charge in [0, 0.05) is 12.7 Å². The Morgan fingerprint density at radius 2 is 2.32 bits per heavy atom. The van der Waals surface area contributed by atoms with Gasteiger partial charge in [0.05, 0.1) is 11.5 Å². The van der Waals surface area contributed by atoms with Gasteiger partial charge in [0.15, 0.2) is 5.56 Å². The van der Waals surface area contributed by atoms with E-state index in [-0.39, 0.29) is 11.9 Å². The zero-order chi connectivity index (χ0) is 13.8. The highest BCUT2D eigenvalue weighted by atomic mass is 16.6. The molecule has 1 heterocycles. The molecule has 0 spiro atoms. The second-order valence-corrected chi connectivity index (χ2v) is 4.17. The molecule has 0 aromatic heterocycles. The molecule has 0 amide bonds. The molecule has 1 aromatic carbocycles. The molecule has 1 atom stereocenters. The van der Waals surface area contributed by atoms with Crippen LogP contribution in [0.4, 0.5) is 5.69 Å². The minimum absolute atomic E-state index is 0.0113. The molecule has 7 heteroatoms. The number of carboxylic acids is 1. The van der Waals surface area contributed by atoms with Crippen molar-refractivity contribution in [3.05, 3.63) is 33.9 Å². The van der Waals surface area contributed by atoms with Crippen LogP contribution < -0.4 is 4.74 Å². The van der Waals surface area contributed by atoms with E-state index in [1.165, 1.54) is 12.1 Å². The van der Waals surface area contributed by atoms with Gasteiger partial charge in [0.2, 0.25) is 0 Å². The minimum atomic E-state index is -1.38. The third-order valence-corrected chi connectivity index (χ3v) is 2.83. The summed E-state index contributed by atoms with van der Waals surface area (Å²) in [5.41, 5.74) is -0.889. The number of hydrogen-bond acceptors (Lipinski definition) is 5. The number of carbonyl (C=O) groups is 1. The van der Waals surface area contributed by atoms with E-state index in [9.17, 15) is 14.9 Å². The minimum Gasteiger partial charge on any atom is -0.487 e. The van der Waals surface area contributed by atoms with Crippen LogP contribution >= 0.6 is 0 Å². The number of nitro groups is 1. The second-order valence-electron chi connectivity index (χ2n) is 4.17. The maximum absolute atomic E-state index is 11.2. The molecule has 0 saturated carbocycles. The first kappa shape index (κ1) is 13.3. The fourth-order valence-corrected chi connectivity index (χ4v) is 1.97. The van der Waals surface area contributed by atoms with Crippen molar-refractivity contribution in [2.24, 2.45) is 0 Å². The normalized spacial score (nSPS) is 18.8. The van der Waals surface area contributed by atoms with Crippen molar-refractivity contribution < 1.29 is 24.3 Å². The number of hydrogen-bond donors (Lipinski definition) is 1. The van der Waals surface area contributed by atoms with Gasteiger partial charge >= 0.3 is 5.97 Å². The van der Waals surface area contributed by atoms with Gasteiger partial charge in [-0.3, -0.25) is 10.1 Å². The van der Waals surface area contributed by atoms with Gasteiger partial charge in [-0.2, -0.15) is 0 Å². The highest BCUT2D eigenvalue weighted by molar-refractivity contribution is 5.95. The maximum Gasteiger partial charge on any atom is 0.346 e. The van der Waals surface area contributed by atoms with Crippen LogP contribution in [0.25, 0.3) is 0 Å². The van der Waals surface area contributed by atoms with E-state index < -0.39 is 22.1 Å². The number of aromatic carboxylic acids is 1. The summed E-state index contributed by atoms with van der Waals surface area (Å²) in [6.07, 6.45) is 1.29. The van der Waals surface area contributed by atoms with Crippen molar-refractivity contribution in [1.82, 2.24) is 0 Å². The lowest BCUT2D eigenvalue weighted by atomic mass is 10.1. The summed E-state index contributed by atoms with van der Waals surface area (Å²) in [4.78, 5) is 21.3. The SMILES string of the molecule is O=C(O)c1c(OC2CCCOC2)cccc1[N+](=O)[O-]. The number of rotatable bonds is 4. The second kappa shape index (κ2) is 5.66. The van der Waals surface area contributed by atoms with E-state index in [0.717, 1.165) is 18.9 Å². The lowest BCUT2D eigenvalue weighted by Crippen LogP contribution is -2.28. The van der Waals surface area contributed by atoms with E-state index in [1.807, 2.05) is 0 Å². The van der Waals surface area contributed by atoms with Gasteiger partial charge in [0.25, 0.3) is 5.69 Å². The van der Waals surface area contributed by atoms with Crippen LogP contribution in [0, 0.1) is 10.1 Å². The molecule has 19 heavy (non-hydrogen) atoms. The fourth-order valence-electron chi connectivity index (χ4n) is 1.97. The lowest BCUT2D eigenvalue weighted by molar-refractivity contribution is -0.385. The van der Waals surface area contributed by atoms with Crippen LogP contribution in [-0.2, 0) is 4.74 Å². The Hall–Kier alpha value is -2.15. The summed E-state index contributed by atoms with van der Waals surface area (Å²) in [7, 11) is 0. The Bertz CT molecular complexity index is 495. The van der Waals surface area contributed by atoms with Crippen LogP contribution in [0.2, 0.25) is 0 Å². The van der Waals surface area contributed by atoms with Gasteiger partial charge in [-0.1, -0.05) is 6.07 Å². The van der Waals surface area contributed by atoms with Crippen LogP contribution in [0.1, 0.15) is 23.2 Å². The molecular formula is C12H13NO6. The maximum atomic E-state index is 11.2. The Morgan fingerprint density at radius 3 is 2.89 bits per heavy atom. The predicted molar refractivity (Wildman–Crippen MR) is 64.5 cm³/mol. The highest BCUT2D eigenvalue weighted by Gasteiger charge is 2.26. The van der Waals surface area contributed by atoms with Crippen molar-refractivity contribution >= 4 is 11.7 Å². The van der Waals surface area contributed by atoms with Gasteiger partial charge in [-0.25, -0.2) is 4.79 Å². The molecule has 0 bridgehead atoms. The van der Waals surface area contributed by atoms with Crippen molar-refractivity contribution in [3.8, 4) is 5.75 Å². The molecule has 1 aliphatic rings. The predicted octanol–water partition coefficient (Wildman–Crippen LogP) is 1.85. The highest BCUT2D eigenvalue weighted by Crippen LogP contribution is 2.29. The molecule has 1 aromatic rings. The van der Waals surface area contributed by atoms with E-state index in [0.29, 0.717) is 13.2 Å². The molecule has 1 N–H and O–H groups in total. The first-order valence-electron chi connectivity index (χ1n) is 5.84. The standard InChI is InChI=1S/C12H13NO6/c14-12(15)11-9(13(16)17)4-1-5-10(11)19-8-3-2-6-18-7-8/h1,4-5,8H,2-3,6-7H2,(H,14,15). The summed E-state index contributed by atoms with van der Waals surface area (Å²) in [6, 6.07) is 3.97. The van der Waals surface area contributed by atoms with Gasteiger partial charge in [0.1, 0.15) is 11.9 Å². The summed E-state index contributed by atoms with van der Waals surface area (Å²) in [5.74, 6) is -1.36. The molecule has 1 unspecified atom stereocenters. The van der Waals surface area contributed by atoms with Crippen molar-refractivity contribution in [2.75, 3.05) is 13.2 Å². The fraction of sp³-hybridized carbons (Fsp3) is 0.417. The van der Waals surface area contributed by atoms with E-state index in [4.69, 9.17) is 14.6 Å². The Kier molecular flexibility index (Phi) is 3.96. The summed E-state index contributed by atoms with van der Waals surface area (Å²) < 4.78 is 10.8. The van der Waals surface area contributed by atoms with Crippen LogP contribution in [-0.4, -0.2) is 35.3 Å². The zero-order valence-corrected chi connectivity index (χ0v) is 10.1. The summed E-state index contributed by atoms with van der Waals surface area (Å²) >= 11 is 0. The monoisotopic (exact) mass is 267 g/mol. The molecule has 102 valence electrons. The molecule has 1 aliphatic heterocycles. The molecule has 7 nitrogen and oxygen atoms in total. The lowest BCUT2D eigenvalue weighted by Gasteiger charge is -2.23. The van der Waals surface area contributed by atoms with Crippen molar-refractivity contribution in [2.45, 2.75) is 18.9 Å². The molecule has 1 saturated heterocycles. The topological polar surface area (TPSA) is 98.9 Å². The summed E-state index contributed by atoms with van der Waals surface area (Å²) in [5, 5.41) is 19.9. The smallest absolute Gasteiger partial charge is 0.346 e. The van der Waals surface area contributed by atoms with Gasteiger partial charge < -0.3 is 14.6 Å². The van der Waals surface area contributed by atoms with E-state index in [1.54, 1.807) is 0 Å². The molecule has 2 rings (SSSR count). The quantitative estimate of drug-likeness (QED) is 0.660. The molecular weight excluding hydrogens is 254 g/mol. The van der Waals surface area contributed by atoms with E-state index >= 15 is 0 Å². The number of nitro benzene ring substituents is 1. The van der Waals surface area contributed by atoms with E-state index in [2.05, 4.69) is 0 Å². The van der Waals surface area contributed by atoms with Crippen LogP contribution in [0.5, 0.6) is 5.75 Å². The van der Waals surface area contributed by atoms with Crippen molar-refractivity contribution in [3.63, 3.8) is 0 Å². The Labute approximate surface area is 108 Å². The molecule has 1 fully saturated rings. The van der Waals surface area contributed by atoms with Crippen molar-refractivity contribution in [1.29, 1.82) is 0 Å². The number of carboxylic acid groups (broad SMARTS) is 1. The average Bonchev–Trinajstić information content (AvgIpc) is 2.39. The zero-order valence-electron chi connectivity index (χ0n) is 10.1. The number of ether oxygens (including phenoxy) is 2. The first-order chi connectivity index (χ1) is 9.09. The first-order valence-corrected chi connectivity index (χ1v) is 5.84. The molecule has 0 radical (unpaired) electrons. The number of nitrogens with zero attached hydrogens (tertiary/aromatic N) is 1. The Morgan fingerprint density at radius 1 is 1.53 bits per heavy atom. The Balaban J connectivity index is 2.30. The largest absolute Gasteiger partial charge is 0.487 e. The van der Waals surface area contributed by atoms with Crippen LogP contribution in [0.15, 0.2) is 18.2 Å². The third kappa shape index (κ3) is 3.00.